The van der Waals surface area contributed by atoms with Gasteiger partial charge in [0.25, 0.3) is 11.6 Å². The molecule has 0 radical (unpaired) electrons. The largest absolute Gasteiger partial charge is 0.493 e. The Morgan fingerprint density at radius 1 is 1.20 bits per heavy atom. The number of halogens is 1. The van der Waals surface area contributed by atoms with Gasteiger partial charge < -0.3 is 19.5 Å². The molecule has 0 fully saturated rings. The van der Waals surface area contributed by atoms with Gasteiger partial charge in [-0.1, -0.05) is 12.1 Å². The number of ether oxygens (including phenoxy) is 3. The van der Waals surface area contributed by atoms with Gasteiger partial charge in [0, 0.05) is 12.6 Å². The predicted molar refractivity (Wildman–Crippen MR) is 104 cm³/mol. The van der Waals surface area contributed by atoms with Crippen LogP contribution in [0, 0.1) is 15.9 Å². The lowest BCUT2D eigenvalue weighted by Gasteiger charge is -2.15. The van der Waals surface area contributed by atoms with Gasteiger partial charge in [0.2, 0.25) is 0 Å². The van der Waals surface area contributed by atoms with E-state index in [1.54, 1.807) is 6.92 Å². The maximum Gasteiger partial charge on any atom is 0.346 e. The molecule has 0 aliphatic rings. The number of methoxy groups -OCH3 is 1. The van der Waals surface area contributed by atoms with E-state index in [0.29, 0.717) is 5.56 Å². The summed E-state index contributed by atoms with van der Waals surface area (Å²) >= 11 is 0. The van der Waals surface area contributed by atoms with Crippen molar-refractivity contribution < 1.29 is 33.1 Å². The third-order valence-corrected chi connectivity index (χ3v) is 4.03. The third kappa shape index (κ3) is 5.66. The van der Waals surface area contributed by atoms with Crippen LogP contribution in [0.5, 0.6) is 11.5 Å². The Hall–Kier alpha value is -3.69. The minimum atomic E-state index is -1.23. The number of benzene rings is 2. The van der Waals surface area contributed by atoms with Crippen LogP contribution < -0.4 is 14.8 Å². The van der Waals surface area contributed by atoms with E-state index in [1.807, 2.05) is 0 Å². The van der Waals surface area contributed by atoms with Crippen LogP contribution in [0.15, 0.2) is 36.4 Å². The molecule has 1 N–H and O–H groups in total. The van der Waals surface area contributed by atoms with Gasteiger partial charge in [-0.25, -0.2) is 9.18 Å². The second kappa shape index (κ2) is 10.2. The van der Waals surface area contributed by atoms with Gasteiger partial charge in [-0.2, -0.15) is 0 Å². The van der Waals surface area contributed by atoms with Crippen LogP contribution in [0.1, 0.15) is 29.8 Å². The van der Waals surface area contributed by atoms with Gasteiger partial charge in [0.05, 0.1) is 24.7 Å². The summed E-state index contributed by atoms with van der Waals surface area (Å²) in [5, 5.41) is 13.9. The fraction of sp³-hybridized carbons (Fsp3) is 0.300. The van der Waals surface area contributed by atoms with Crippen molar-refractivity contribution in [3.05, 3.63) is 63.5 Å². The van der Waals surface area contributed by atoms with E-state index < -0.39 is 34.4 Å². The van der Waals surface area contributed by atoms with Crippen molar-refractivity contribution in [2.45, 2.75) is 26.5 Å². The van der Waals surface area contributed by atoms with E-state index in [2.05, 4.69) is 5.32 Å². The van der Waals surface area contributed by atoms with Crippen molar-refractivity contribution in [2.24, 2.45) is 0 Å². The maximum atomic E-state index is 12.9. The highest BCUT2D eigenvalue weighted by atomic mass is 19.1. The molecular weight excluding hydrogens is 399 g/mol. The molecule has 160 valence electrons. The number of nitrogens with zero attached hydrogens (tertiary/aromatic N) is 1. The molecule has 1 atom stereocenters. The summed E-state index contributed by atoms with van der Waals surface area (Å²) in [5.74, 6) is -1.86. The number of amides is 1. The Morgan fingerprint density at radius 3 is 2.43 bits per heavy atom. The van der Waals surface area contributed by atoms with Crippen LogP contribution in [0.25, 0.3) is 0 Å². The van der Waals surface area contributed by atoms with E-state index in [4.69, 9.17) is 14.2 Å². The molecule has 0 saturated carbocycles. The third-order valence-electron chi connectivity index (χ3n) is 4.03. The van der Waals surface area contributed by atoms with Gasteiger partial charge in [0.15, 0.2) is 17.6 Å². The summed E-state index contributed by atoms with van der Waals surface area (Å²) in [7, 11) is 1.32. The minimum absolute atomic E-state index is 0.0953. The Balaban J connectivity index is 2.12. The van der Waals surface area contributed by atoms with Crippen molar-refractivity contribution in [1.29, 1.82) is 0 Å². The normalized spacial score (nSPS) is 11.3. The molecule has 2 rings (SSSR count). The Morgan fingerprint density at radius 2 is 1.87 bits per heavy atom. The van der Waals surface area contributed by atoms with E-state index >= 15 is 0 Å². The summed E-state index contributed by atoms with van der Waals surface area (Å²) in [6.07, 6.45) is -1.23. The molecule has 0 aliphatic carbocycles. The van der Waals surface area contributed by atoms with Crippen LogP contribution in [0.3, 0.4) is 0 Å². The van der Waals surface area contributed by atoms with Crippen molar-refractivity contribution >= 4 is 17.6 Å². The van der Waals surface area contributed by atoms with Crippen molar-refractivity contribution in [2.75, 3.05) is 13.7 Å². The molecule has 0 aliphatic heterocycles. The Labute approximate surface area is 171 Å². The van der Waals surface area contributed by atoms with Crippen molar-refractivity contribution in [3.8, 4) is 11.5 Å². The molecule has 30 heavy (non-hydrogen) atoms. The lowest BCUT2D eigenvalue weighted by Crippen LogP contribution is -2.35. The highest BCUT2D eigenvalue weighted by Gasteiger charge is 2.28. The molecule has 0 unspecified atom stereocenters. The molecule has 0 saturated heterocycles. The molecule has 9 nitrogen and oxygen atoms in total. The van der Waals surface area contributed by atoms with Gasteiger partial charge in [-0.05, 0) is 31.5 Å². The quantitative estimate of drug-likeness (QED) is 0.376. The Kier molecular flexibility index (Phi) is 7.68. The fourth-order valence-electron chi connectivity index (χ4n) is 2.50. The number of rotatable bonds is 9. The molecule has 2 aromatic rings. The van der Waals surface area contributed by atoms with Gasteiger partial charge in [-0.15, -0.1) is 0 Å². The van der Waals surface area contributed by atoms with Crippen molar-refractivity contribution in [3.63, 3.8) is 0 Å². The lowest BCUT2D eigenvalue weighted by molar-refractivity contribution is -0.385. The fourth-order valence-corrected chi connectivity index (χ4v) is 2.50. The van der Waals surface area contributed by atoms with E-state index in [1.165, 1.54) is 38.3 Å². The number of hydrogen-bond donors (Lipinski definition) is 1. The topological polar surface area (TPSA) is 117 Å². The van der Waals surface area contributed by atoms with Crippen LogP contribution in [0.4, 0.5) is 10.1 Å². The molecule has 2 aromatic carbocycles. The second-order valence-electron chi connectivity index (χ2n) is 6.10. The van der Waals surface area contributed by atoms with Gasteiger partial charge in [-0.3, -0.25) is 14.9 Å². The summed E-state index contributed by atoms with van der Waals surface area (Å²) < 4.78 is 28.4. The van der Waals surface area contributed by atoms with E-state index in [9.17, 15) is 24.1 Å². The Bertz CT molecular complexity index is 931. The number of nitrogens with one attached hydrogen (secondary N) is 1. The summed E-state index contributed by atoms with van der Waals surface area (Å²) in [4.78, 5) is 35.3. The molecule has 0 bridgehead atoms. The van der Waals surface area contributed by atoms with Gasteiger partial charge >= 0.3 is 5.97 Å². The zero-order chi connectivity index (χ0) is 22.3. The first-order valence-corrected chi connectivity index (χ1v) is 8.99. The molecule has 0 heterocycles. The monoisotopic (exact) mass is 420 g/mol. The summed E-state index contributed by atoms with van der Waals surface area (Å²) in [6.45, 7) is 3.36. The zero-order valence-electron chi connectivity index (χ0n) is 16.6. The standard InChI is InChI=1S/C20H21FN2O7/c1-4-29-18-10-16(23(26)27)15(9-17(18)28-3)20(25)30-12(2)19(24)22-11-13-5-7-14(21)8-6-13/h5-10,12H,4,11H2,1-3H3,(H,22,24)/t12-/m1/s1. The molecule has 0 aromatic heterocycles. The average molecular weight is 420 g/mol. The van der Waals surface area contributed by atoms with Crippen LogP contribution in [-0.4, -0.2) is 36.6 Å². The lowest BCUT2D eigenvalue weighted by atomic mass is 10.1. The van der Waals surface area contributed by atoms with Gasteiger partial charge in [0.1, 0.15) is 11.4 Å². The number of hydrogen-bond acceptors (Lipinski definition) is 7. The van der Waals surface area contributed by atoms with Crippen LogP contribution in [-0.2, 0) is 16.1 Å². The number of nitro groups is 1. The zero-order valence-corrected chi connectivity index (χ0v) is 16.6. The minimum Gasteiger partial charge on any atom is -0.493 e. The van der Waals surface area contributed by atoms with Crippen molar-refractivity contribution in [1.82, 2.24) is 5.32 Å². The molecular formula is C20H21FN2O7. The summed E-state index contributed by atoms with van der Waals surface area (Å²) in [5.41, 5.74) is -0.267. The second-order valence-corrected chi connectivity index (χ2v) is 6.10. The highest BCUT2D eigenvalue weighted by molar-refractivity contribution is 5.96. The first-order valence-electron chi connectivity index (χ1n) is 8.99. The maximum absolute atomic E-state index is 12.9. The van der Waals surface area contributed by atoms with E-state index in [-0.39, 0.29) is 30.2 Å². The van der Waals surface area contributed by atoms with Crippen LogP contribution in [0.2, 0.25) is 0 Å². The molecule has 10 heteroatoms. The highest BCUT2D eigenvalue weighted by Crippen LogP contribution is 2.35. The number of nitro benzene ring substituents is 1. The number of carbonyl (C=O) groups excluding carboxylic acids is 2. The number of esters is 1. The first kappa shape index (κ1) is 22.6. The smallest absolute Gasteiger partial charge is 0.346 e. The predicted octanol–water partition coefficient (Wildman–Crippen LogP) is 3.00. The van der Waals surface area contributed by atoms with Crippen LogP contribution >= 0.6 is 0 Å². The first-order chi connectivity index (χ1) is 14.3. The molecule has 0 spiro atoms. The summed E-state index contributed by atoms with van der Waals surface area (Å²) in [6, 6.07) is 7.71. The van der Waals surface area contributed by atoms with E-state index in [0.717, 1.165) is 12.1 Å². The number of carbonyl (C=O) groups is 2. The average Bonchev–Trinajstić information content (AvgIpc) is 2.72. The molecule has 1 amide bonds. The SMILES string of the molecule is CCOc1cc([N+](=O)[O-])c(C(=O)O[C@H](C)C(=O)NCc2ccc(F)cc2)cc1OC.